The average Bonchev–Trinajstić information content (AvgIpc) is 2.97. The summed E-state index contributed by atoms with van der Waals surface area (Å²) < 4.78 is 0. The Bertz CT molecular complexity index is 533. The minimum atomic E-state index is 0.664. The van der Waals surface area contributed by atoms with Crippen molar-refractivity contribution < 1.29 is 4.90 Å². The van der Waals surface area contributed by atoms with Gasteiger partial charge in [0.05, 0.1) is 13.6 Å². The van der Waals surface area contributed by atoms with Gasteiger partial charge in [-0.1, -0.05) is 77.2 Å². The first-order valence-corrected chi connectivity index (χ1v) is 11.1. The fourth-order valence-electron chi connectivity index (χ4n) is 2.98. The number of likely N-dealkylation sites (N-methyl/N-ethyl adjacent to an activating group) is 2. The Morgan fingerprint density at radius 3 is 2.36 bits per heavy atom. The van der Waals surface area contributed by atoms with Crippen LogP contribution in [0, 0.1) is 5.92 Å². The van der Waals surface area contributed by atoms with E-state index in [1.54, 1.807) is 4.90 Å². The second kappa shape index (κ2) is 19.9. The Hall–Kier alpha value is -1.80. The van der Waals surface area contributed by atoms with Gasteiger partial charge in [-0.2, -0.15) is 0 Å². The molecular weight excluding hydrogens is 340 g/mol. The van der Waals surface area contributed by atoms with Gasteiger partial charge in [-0.15, -0.1) is 6.58 Å². The van der Waals surface area contributed by atoms with E-state index < -0.39 is 0 Å². The molecule has 0 saturated carbocycles. The van der Waals surface area contributed by atoms with Crippen molar-refractivity contribution in [1.82, 2.24) is 5.32 Å². The minimum absolute atomic E-state index is 0.664. The highest BCUT2D eigenvalue weighted by atomic mass is 15.1. The maximum atomic E-state index is 3.65. The highest BCUT2D eigenvalue weighted by Crippen LogP contribution is 2.19. The molecule has 0 aromatic heterocycles. The van der Waals surface area contributed by atoms with Crippen LogP contribution >= 0.6 is 0 Å². The molecule has 160 valence electrons. The molecule has 28 heavy (non-hydrogen) atoms. The summed E-state index contributed by atoms with van der Waals surface area (Å²) in [4.78, 5) is 1.60. The minimum Gasteiger partial charge on any atom is -0.388 e. The van der Waals surface area contributed by atoms with E-state index >= 15 is 0 Å². The third kappa shape index (κ3) is 12.6. The maximum absolute atomic E-state index is 3.65. The summed E-state index contributed by atoms with van der Waals surface area (Å²) in [6.07, 6.45) is 20.8. The molecule has 2 N–H and O–H groups in total. The van der Waals surface area contributed by atoms with E-state index in [0.717, 1.165) is 19.4 Å². The normalized spacial score (nSPS) is 19.0. The molecule has 0 saturated heterocycles. The largest absolute Gasteiger partial charge is 0.388 e. The Morgan fingerprint density at radius 1 is 1.18 bits per heavy atom. The van der Waals surface area contributed by atoms with E-state index in [4.69, 9.17) is 0 Å². The molecule has 2 rings (SSSR count). The standard InChI is InChI=1S/C14H20N2.C8H14.2C2H6/c1-15-14-9-5-3-4-8-13(14)12-7-6-10-16(2)11-12;1-4-6-8(3)7-5-2;2*1-2/h4-5,7-9,15H,3,6,10-11H2,1-2H3;4-5,7-8H,1,6H2,2-3H3;2*1-2H3/p+1/b;7-5-;;. The summed E-state index contributed by atoms with van der Waals surface area (Å²) in [6.45, 7) is 18.3. The van der Waals surface area contributed by atoms with E-state index in [2.05, 4.69) is 68.4 Å². The predicted octanol–water partition coefficient (Wildman–Crippen LogP) is 5.65. The van der Waals surface area contributed by atoms with Crippen molar-refractivity contribution in [1.29, 1.82) is 0 Å². The van der Waals surface area contributed by atoms with Gasteiger partial charge in [-0.25, -0.2) is 0 Å². The quantitative estimate of drug-likeness (QED) is 0.583. The highest BCUT2D eigenvalue weighted by molar-refractivity contribution is 5.48. The number of nitrogens with one attached hydrogen (secondary N) is 2. The fourth-order valence-corrected chi connectivity index (χ4v) is 2.98. The monoisotopic (exact) mass is 387 g/mol. The van der Waals surface area contributed by atoms with Gasteiger partial charge in [-0.3, -0.25) is 0 Å². The molecule has 2 nitrogen and oxygen atoms in total. The highest BCUT2D eigenvalue weighted by Gasteiger charge is 2.16. The van der Waals surface area contributed by atoms with Crippen LogP contribution in [0.1, 0.15) is 60.8 Å². The first-order valence-electron chi connectivity index (χ1n) is 11.1. The van der Waals surface area contributed by atoms with Crippen LogP contribution in [0.5, 0.6) is 0 Å². The van der Waals surface area contributed by atoms with Gasteiger partial charge in [0.15, 0.2) is 0 Å². The zero-order valence-electron chi connectivity index (χ0n) is 19.9. The van der Waals surface area contributed by atoms with Gasteiger partial charge in [-0.05, 0) is 31.8 Å². The maximum Gasteiger partial charge on any atom is 0.103 e. The second-order valence-electron chi connectivity index (χ2n) is 6.55. The summed E-state index contributed by atoms with van der Waals surface area (Å²) >= 11 is 0. The van der Waals surface area contributed by atoms with Crippen molar-refractivity contribution in [2.75, 3.05) is 27.2 Å². The van der Waals surface area contributed by atoms with Gasteiger partial charge in [0, 0.05) is 30.3 Å². The SMILES string of the molecule is C=CCC(C)/C=C\C.CC.CC.CNC1=C(C2=CCC[NH+](C)C2)C=CCC=C1. The van der Waals surface area contributed by atoms with Gasteiger partial charge < -0.3 is 10.2 Å². The van der Waals surface area contributed by atoms with Crippen molar-refractivity contribution in [3.05, 3.63) is 72.0 Å². The lowest BCUT2D eigenvalue weighted by molar-refractivity contribution is -0.875. The van der Waals surface area contributed by atoms with Crippen LogP contribution in [-0.4, -0.2) is 27.2 Å². The first kappa shape index (κ1) is 28.4. The number of hydrogen-bond acceptors (Lipinski definition) is 1. The topological polar surface area (TPSA) is 16.5 Å². The molecule has 0 bridgehead atoms. The number of allylic oxidation sites excluding steroid dienone is 7. The van der Waals surface area contributed by atoms with Gasteiger partial charge in [0.2, 0.25) is 0 Å². The van der Waals surface area contributed by atoms with E-state index in [0.29, 0.717) is 5.92 Å². The van der Waals surface area contributed by atoms with Crippen LogP contribution in [-0.2, 0) is 0 Å². The molecule has 0 spiro atoms. The van der Waals surface area contributed by atoms with Crippen LogP contribution in [0.2, 0.25) is 0 Å². The number of rotatable bonds is 5. The molecular formula is C26H47N2+. The van der Waals surface area contributed by atoms with E-state index in [9.17, 15) is 0 Å². The van der Waals surface area contributed by atoms with Crippen LogP contribution in [0.15, 0.2) is 72.0 Å². The smallest absolute Gasteiger partial charge is 0.103 e. The predicted molar refractivity (Wildman–Crippen MR) is 130 cm³/mol. The molecule has 0 aromatic carbocycles. The van der Waals surface area contributed by atoms with E-state index in [1.165, 1.54) is 29.8 Å². The Kier molecular flexibility index (Phi) is 20.2. The molecule has 2 aliphatic rings. The van der Waals surface area contributed by atoms with Crippen LogP contribution in [0.3, 0.4) is 0 Å². The molecule has 2 unspecified atom stereocenters. The van der Waals surface area contributed by atoms with Crippen LogP contribution in [0.25, 0.3) is 0 Å². The molecule has 2 heteroatoms. The second-order valence-corrected chi connectivity index (χ2v) is 6.55. The number of hydrogen-bond donors (Lipinski definition) is 2. The molecule has 0 fully saturated rings. The van der Waals surface area contributed by atoms with E-state index in [1.807, 2.05) is 47.7 Å². The van der Waals surface area contributed by atoms with Crippen molar-refractivity contribution >= 4 is 0 Å². The molecule has 1 heterocycles. The Labute approximate surface area is 176 Å². The van der Waals surface area contributed by atoms with Crippen molar-refractivity contribution in [3.8, 4) is 0 Å². The zero-order chi connectivity index (χ0) is 21.8. The van der Waals surface area contributed by atoms with Crippen LogP contribution in [0.4, 0.5) is 0 Å². The van der Waals surface area contributed by atoms with Gasteiger partial charge in [0.1, 0.15) is 6.54 Å². The molecule has 1 aliphatic heterocycles. The Balaban J connectivity index is 0. The lowest BCUT2D eigenvalue weighted by Gasteiger charge is -2.22. The van der Waals surface area contributed by atoms with Crippen LogP contribution < -0.4 is 10.2 Å². The average molecular weight is 388 g/mol. The lowest BCUT2D eigenvalue weighted by Crippen LogP contribution is -3.09. The molecule has 0 amide bonds. The summed E-state index contributed by atoms with van der Waals surface area (Å²) in [5.41, 5.74) is 4.10. The Morgan fingerprint density at radius 2 is 1.82 bits per heavy atom. The summed E-state index contributed by atoms with van der Waals surface area (Å²) in [5, 5.41) is 3.30. The fraction of sp³-hybridized carbons (Fsp3) is 0.538. The lowest BCUT2D eigenvalue weighted by atomic mass is 9.99. The molecule has 1 aliphatic carbocycles. The zero-order valence-corrected chi connectivity index (χ0v) is 19.9. The van der Waals surface area contributed by atoms with Gasteiger partial charge in [0.25, 0.3) is 0 Å². The molecule has 2 atom stereocenters. The first-order chi connectivity index (χ1) is 13.6. The third-order valence-corrected chi connectivity index (χ3v) is 4.26. The van der Waals surface area contributed by atoms with Crippen molar-refractivity contribution in [3.63, 3.8) is 0 Å². The summed E-state index contributed by atoms with van der Waals surface area (Å²) in [6, 6.07) is 0. The number of quaternary nitrogens is 1. The summed E-state index contributed by atoms with van der Waals surface area (Å²) in [5.74, 6) is 0.664. The summed E-state index contributed by atoms with van der Waals surface area (Å²) in [7, 11) is 4.27. The molecule has 0 aromatic rings. The van der Waals surface area contributed by atoms with Gasteiger partial charge >= 0.3 is 0 Å². The van der Waals surface area contributed by atoms with Crippen molar-refractivity contribution in [2.24, 2.45) is 5.92 Å². The van der Waals surface area contributed by atoms with E-state index in [-0.39, 0.29) is 0 Å². The third-order valence-electron chi connectivity index (χ3n) is 4.26. The van der Waals surface area contributed by atoms with Crippen molar-refractivity contribution in [2.45, 2.75) is 60.8 Å². The molecule has 0 radical (unpaired) electrons.